The molecule has 1 aliphatic rings. The number of nitrogens with one attached hydrogen (secondary N) is 1. The van der Waals surface area contributed by atoms with Gasteiger partial charge in [-0.1, -0.05) is 0 Å². The topological polar surface area (TPSA) is 40.0 Å². The first-order valence-corrected chi connectivity index (χ1v) is 5.75. The van der Waals surface area contributed by atoms with Gasteiger partial charge in [0.2, 0.25) is 0 Å². The molecule has 0 unspecified atom stereocenters. The molecule has 4 heteroatoms. The van der Waals surface area contributed by atoms with E-state index in [-0.39, 0.29) is 0 Å². The Balaban J connectivity index is 1.93. The Bertz CT molecular complexity index is 341. The van der Waals surface area contributed by atoms with Crippen LogP contribution in [0.2, 0.25) is 0 Å². The Kier molecular flexibility index (Phi) is 2.54. The molecule has 3 nitrogen and oxygen atoms in total. The van der Waals surface area contributed by atoms with Gasteiger partial charge in [-0.15, -0.1) is 11.3 Å². The lowest BCUT2D eigenvalue weighted by Crippen LogP contribution is -2.26. The van der Waals surface area contributed by atoms with Crippen molar-refractivity contribution in [2.45, 2.75) is 26.3 Å². The van der Waals surface area contributed by atoms with E-state index in [0.717, 1.165) is 23.1 Å². The summed E-state index contributed by atoms with van der Waals surface area (Å²) >= 11 is 1.67. The highest BCUT2D eigenvalue weighted by Gasteiger charge is 2.28. The molecule has 1 aromatic rings. The molecule has 2 rings (SSSR count). The average Bonchev–Trinajstić information content (AvgIpc) is 2.91. The van der Waals surface area contributed by atoms with Gasteiger partial charge >= 0.3 is 0 Å². The fourth-order valence-corrected chi connectivity index (χ4v) is 2.08. The Morgan fingerprint density at radius 3 is 2.93 bits per heavy atom. The van der Waals surface area contributed by atoms with E-state index in [1.165, 1.54) is 12.8 Å². The van der Waals surface area contributed by atoms with Crippen LogP contribution in [0.3, 0.4) is 0 Å². The lowest BCUT2D eigenvalue weighted by Gasteiger charge is -2.18. The largest absolute Gasteiger partial charge is 0.357 e. The van der Waals surface area contributed by atoms with Gasteiger partial charge in [-0.05, 0) is 19.8 Å². The third kappa shape index (κ3) is 2.12. The number of thiazole rings is 1. The molecule has 76 valence electrons. The Labute approximate surface area is 88.3 Å². The first kappa shape index (κ1) is 9.65. The fraction of sp³-hybridized carbons (Fsp3) is 0.600. The van der Waals surface area contributed by atoms with Crippen LogP contribution in [0.15, 0.2) is 5.38 Å². The molecular weight excluding hydrogens is 194 g/mol. The highest BCUT2D eigenvalue weighted by atomic mass is 32.1. The van der Waals surface area contributed by atoms with Gasteiger partial charge in [0.1, 0.15) is 0 Å². The second-order valence-electron chi connectivity index (χ2n) is 3.87. The van der Waals surface area contributed by atoms with E-state index < -0.39 is 0 Å². The molecule has 1 fully saturated rings. The maximum atomic E-state index is 7.87. The Morgan fingerprint density at radius 1 is 1.71 bits per heavy atom. The van der Waals surface area contributed by atoms with Crippen LogP contribution in [0.5, 0.6) is 0 Å². The SMILES string of the molecule is Cc1nc(CN(C)C(=N)C2CC2)cs1. The summed E-state index contributed by atoms with van der Waals surface area (Å²) < 4.78 is 0. The average molecular weight is 209 g/mol. The highest BCUT2D eigenvalue weighted by Crippen LogP contribution is 2.31. The molecule has 0 aromatic carbocycles. The van der Waals surface area contributed by atoms with E-state index >= 15 is 0 Å². The zero-order valence-electron chi connectivity index (χ0n) is 8.58. The van der Waals surface area contributed by atoms with Gasteiger partial charge in [-0.25, -0.2) is 4.98 Å². The van der Waals surface area contributed by atoms with Crippen LogP contribution in [0.4, 0.5) is 0 Å². The summed E-state index contributed by atoms with van der Waals surface area (Å²) in [5, 5.41) is 11.0. The predicted molar refractivity (Wildman–Crippen MR) is 58.8 cm³/mol. The van der Waals surface area contributed by atoms with Crippen LogP contribution in [0.1, 0.15) is 23.5 Å². The van der Waals surface area contributed by atoms with Crippen molar-refractivity contribution >= 4 is 17.2 Å². The lowest BCUT2D eigenvalue weighted by atomic mass is 10.3. The predicted octanol–water partition coefficient (Wildman–Crippen LogP) is 2.27. The summed E-state index contributed by atoms with van der Waals surface area (Å²) in [6.07, 6.45) is 2.39. The van der Waals surface area contributed by atoms with Gasteiger partial charge in [0, 0.05) is 18.3 Å². The third-order valence-electron chi connectivity index (χ3n) is 2.44. The van der Waals surface area contributed by atoms with E-state index in [4.69, 9.17) is 5.41 Å². The first-order valence-electron chi connectivity index (χ1n) is 4.87. The first-order chi connectivity index (χ1) is 6.66. The normalized spacial score (nSPS) is 15.6. The number of nitrogens with zero attached hydrogens (tertiary/aromatic N) is 2. The van der Waals surface area contributed by atoms with Crippen LogP contribution in [0, 0.1) is 18.3 Å². The van der Waals surface area contributed by atoms with Crippen molar-refractivity contribution in [2.75, 3.05) is 7.05 Å². The summed E-state index contributed by atoms with van der Waals surface area (Å²) in [6.45, 7) is 2.79. The van der Waals surface area contributed by atoms with Crippen molar-refractivity contribution in [3.63, 3.8) is 0 Å². The van der Waals surface area contributed by atoms with Gasteiger partial charge in [0.15, 0.2) is 0 Å². The van der Waals surface area contributed by atoms with Crippen LogP contribution < -0.4 is 0 Å². The van der Waals surface area contributed by atoms with Crippen molar-refractivity contribution in [2.24, 2.45) is 5.92 Å². The molecule has 14 heavy (non-hydrogen) atoms. The van der Waals surface area contributed by atoms with Crippen molar-refractivity contribution in [3.05, 3.63) is 16.1 Å². The van der Waals surface area contributed by atoms with Gasteiger partial charge in [-0.3, -0.25) is 5.41 Å². The van der Waals surface area contributed by atoms with E-state index in [1.807, 2.05) is 18.9 Å². The molecule has 1 saturated carbocycles. The van der Waals surface area contributed by atoms with E-state index in [9.17, 15) is 0 Å². The number of aromatic nitrogens is 1. The molecule has 0 spiro atoms. The molecule has 0 aliphatic heterocycles. The quantitative estimate of drug-likeness (QED) is 0.613. The van der Waals surface area contributed by atoms with Crippen molar-refractivity contribution in [1.82, 2.24) is 9.88 Å². The van der Waals surface area contributed by atoms with Crippen molar-refractivity contribution in [1.29, 1.82) is 5.41 Å². The molecule has 0 radical (unpaired) electrons. The van der Waals surface area contributed by atoms with Crippen molar-refractivity contribution in [3.8, 4) is 0 Å². The maximum Gasteiger partial charge on any atom is 0.0990 e. The summed E-state index contributed by atoms with van der Waals surface area (Å²) in [4.78, 5) is 6.40. The molecule has 1 heterocycles. The second-order valence-corrected chi connectivity index (χ2v) is 4.94. The molecular formula is C10H15N3S. The molecule has 1 aromatic heterocycles. The van der Waals surface area contributed by atoms with E-state index in [0.29, 0.717) is 5.92 Å². The van der Waals surface area contributed by atoms with E-state index in [2.05, 4.69) is 10.4 Å². The summed E-state index contributed by atoms with van der Waals surface area (Å²) in [7, 11) is 1.98. The number of rotatable bonds is 3. The molecule has 0 atom stereocenters. The third-order valence-corrected chi connectivity index (χ3v) is 3.26. The molecule has 0 amide bonds. The monoisotopic (exact) mass is 209 g/mol. The van der Waals surface area contributed by atoms with Gasteiger partial charge < -0.3 is 4.90 Å². The minimum Gasteiger partial charge on any atom is -0.357 e. The fourth-order valence-electron chi connectivity index (χ4n) is 1.48. The summed E-state index contributed by atoms with van der Waals surface area (Å²) in [6, 6.07) is 0. The lowest BCUT2D eigenvalue weighted by molar-refractivity contribution is 0.475. The van der Waals surface area contributed by atoms with Gasteiger partial charge in [-0.2, -0.15) is 0 Å². The second kappa shape index (κ2) is 3.69. The molecule has 1 N–H and O–H groups in total. The Hall–Kier alpha value is -0.900. The van der Waals surface area contributed by atoms with Crippen molar-refractivity contribution < 1.29 is 0 Å². The molecule has 0 saturated heterocycles. The Morgan fingerprint density at radius 2 is 2.43 bits per heavy atom. The summed E-state index contributed by atoms with van der Waals surface area (Å²) in [5.41, 5.74) is 1.08. The molecule has 1 aliphatic carbocycles. The van der Waals surface area contributed by atoms with Gasteiger partial charge in [0.25, 0.3) is 0 Å². The van der Waals surface area contributed by atoms with Crippen LogP contribution in [0.25, 0.3) is 0 Å². The van der Waals surface area contributed by atoms with Crippen LogP contribution >= 0.6 is 11.3 Å². The number of hydrogen-bond donors (Lipinski definition) is 1. The zero-order valence-corrected chi connectivity index (χ0v) is 9.40. The van der Waals surface area contributed by atoms with Gasteiger partial charge in [0.05, 0.1) is 23.1 Å². The standard InChI is InChI=1S/C10H15N3S/c1-7-12-9(6-14-7)5-13(2)10(11)8-3-4-8/h6,8,11H,3-5H2,1-2H3. The zero-order chi connectivity index (χ0) is 10.1. The summed E-state index contributed by atoms with van der Waals surface area (Å²) in [5.74, 6) is 1.30. The number of amidine groups is 1. The number of aryl methyl sites for hydroxylation is 1. The van der Waals surface area contributed by atoms with Crippen LogP contribution in [-0.4, -0.2) is 22.8 Å². The molecule has 0 bridgehead atoms. The minimum atomic E-state index is 0.528. The highest BCUT2D eigenvalue weighted by molar-refractivity contribution is 7.09. The number of hydrogen-bond acceptors (Lipinski definition) is 3. The minimum absolute atomic E-state index is 0.528. The smallest absolute Gasteiger partial charge is 0.0990 e. The van der Waals surface area contributed by atoms with E-state index in [1.54, 1.807) is 11.3 Å². The van der Waals surface area contributed by atoms with Crippen LogP contribution in [-0.2, 0) is 6.54 Å². The maximum absolute atomic E-state index is 7.87.